The summed E-state index contributed by atoms with van der Waals surface area (Å²) in [5.41, 5.74) is 0. The fraction of sp³-hybridized carbons (Fsp3) is 0.800. The minimum absolute atomic E-state index is 0.219. The molecule has 7 heavy (non-hydrogen) atoms. The maximum atomic E-state index is 10.6. The van der Waals surface area contributed by atoms with Crippen molar-refractivity contribution in [1.29, 1.82) is 0 Å². The summed E-state index contributed by atoms with van der Waals surface area (Å²) in [6.07, 6.45) is 0.719. The average Bonchev–Trinajstić information content (AvgIpc) is 1.30. The van der Waals surface area contributed by atoms with Crippen molar-refractivity contribution in [2.75, 3.05) is 20.6 Å². The minimum Gasteiger partial charge on any atom is -0.633 e. The first-order valence-corrected chi connectivity index (χ1v) is 2.39. The van der Waals surface area contributed by atoms with Crippen molar-refractivity contribution < 1.29 is 4.65 Å². The van der Waals surface area contributed by atoms with Crippen molar-refractivity contribution >= 4 is 0 Å². The highest BCUT2D eigenvalue weighted by molar-refractivity contribution is 4.36. The average molecular weight is 102 g/mol. The second kappa shape index (κ2) is 2.28. The SMILES string of the molecule is [CH2]CC[N+](C)(C)[O-]. The summed E-state index contributed by atoms with van der Waals surface area (Å²) in [6, 6.07) is 0. The first kappa shape index (κ1) is 6.92. The van der Waals surface area contributed by atoms with Gasteiger partial charge in [-0.2, -0.15) is 0 Å². The third-order valence-corrected chi connectivity index (χ3v) is 0.697. The van der Waals surface area contributed by atoms with Gasteiger partial charge >= 0.3 is 0 Å². The van der Waals surface area contributed by atoms with Crippen LogP contribution in [0.1, 0.15) is 6.42 Å². The van der Waals surface area contributed by atoms with E-state index in [1.807, 2.05) is 0 Å². The standard InChI is InChI=1S/C5H12NO/c1-4-5-6(2,3)7/h1,4-5H2,2-3H3. The summed E-state index contributed by atoms with van der Waals surface area (Å²) in [5.74, 6) is 0. The summed E-state index contributed by atoms with van der Waals surface area (Å²) in [4.78, 5) is 0. The molecule has 1 radical (unpaired) electrons. The van der Waals surface area contributed by atoms with Crippen LogP contribution in [0, 0.1) is 12.1 Å². The van der Waals surface area contributed by atoms with Crippen LogP contribution in [0.2, 0.25) is 0 Å². The number of rotatable bonds is 2. The Labute approximate surface area is 44.9 Å². The fourth-order valence-corrected chi connectivity index (χ4v) is 0.381. The van der Waals surface area contributed by atoms with Crippen LogP contribution in [0.3, 0.4) is 0 Å². The first-order valence-electron chi connectivity index (χ1n) is 2.39. The monoisotopic (exact) mass is 102 g/mol. The van der Waals surface area contributed by atoms with Crippen LogP contribution in [-0.4, -0.2) is 25.3 Å². The molecule has 0 aromatic rings. The summed E-state index contributed by atoms with van der Waals surface area (Å²) in [6.45, 7) is 4.17. The van der Waals surface area contributed by atoms with Crippen LogP contribution in [0.15, 0.2) is 0 Å². The molecule has 0 aromatic carbocycles. The highest BCUT2D eigenvalue weighted by Crippen LogP contribution is 1.91. The lowest BCUT2D eigenvalue weighted by molar-refractivity contribution is -0.839. The molecule has 0 N–H and O–H groups in total. The second-order valence-corrected chi connectivity index (χ2v) is 2.15. The Morgan fingerprint density at radius 1 is 1.57 bits per heavy atom. The Morgan fingerprint density at radius 3 is 2.00 bits per heavy atom. The van der Waals surface area contributed by atoms with Gasteiger partial charge in [-0.15, -0.1) is 0 Å². The molecule has 0 amide bonds. The lowest BCUT2D eigenvalue weighted by Gasteiger charge is -2.33. The van der Waals surface area contributed by atoms with Crippen LogP contribution in [0.5, 0.6) is 0 Å². The molecule has 0 unspecified atom stereocenters. The summed E-state index contributed by atoms with van der Waals surface area (Å²) < 4.78 is -0.219. The van der Waals surface area contributed by atoms with E-state index in [2.05, 4.69) is 6.92 Å². The molecular weight excluding hydrogens is 90.1 g/mol. The van der Waals surface area contributed by atoms with Gasteiger partial charge in [0, 0.05) is 0 Å². The molecular formula is C5H12NO. The third kappa shape index (κ3) is 5.92. The van der Waals surface area contributed by atoms with E-state index in [0.717, 1.165) is 6.42 Å². The molecule has 0 rings (SSSR count). The van der Waals surface area contributed by atoms with Crippen molar-refractivity contribution in [1.82, 2.24) is 0 Å². The molecule has 0 bridgehead atoms. The van der Waals surface area contributed by atoms with Crippen LogP contribution in [0.4, 0.5) is 0 Å². The first-order chi connectivity index (χ1) is 3.06. The minimum atomic E-state index is -0.219. The van der Waals surface area contributed by atoms with Gasteiger partial charge in [0.1, 0.15) is 0 Å². The summed E-state index contributed by atoms with van der Waals surface area (Å²) in [7, 11) is 3.23. The third-order valence-electron chi connectivity index (χ3n) is 0.697. The molecule has 0 aromatic heterocycles. The van der Waals surface area contributed by atoms with Crippen molar-refractivity contribution in [3.05, 3.63) is 12.1 Å². The van der Waals surface area contributed by atoms with Crippen molar-refractivity contribution in [3.63, 3.8) is 0 Å². The smallest absolute Gasteiger partial charge is 0.0779 e. The largest absolute Gasteiger partial charge is 0.633 e. The molecule has 43 valence electrons. The van der Waals surface area contributed by atoms with E-state index in [-0.39, 0.29) is 4.65 Å². The molecule has 0 spiro atoms. The molecule has 0 fully saturated rings. The van der Waals surface area contributed by atoms with Gasteiger partial charge in [0.05, 0.1) is 20.6 Å². The second-order valence-electron chi connectivity index (χ2n) is 2.15. The van der Waals surface area contributed by atoms with Crippen LogP contribution >= 0.6 is 0 Å². The number of quaternary nitrogens is 1. The quantitative estimate of drug-likeness (QED) is 0.373. The van der Waals surface area contributed by atoms with Crippen molar-refractivity contribution in [2.24, 2.45) is 0 Å². The van der Waals surface area contributed by atoms with Gasteiger partial charge in [0.25, 0.3) is 0 Å². The molecule has 2 nitrogen and oxygen atoms in total. The number of hydrogen-bond acceptors (Lipinski definition) is 1. The normalized spacial score (nSPS) is 12.0. The molecule has 0 aliphatic heterocycles. The van der Waals surface area contributed by atoms with Crippen LogP contribution < -0.4 is 0 Å². The van der Waals surface area contributed by atoms with E-state index < -0.39 is 0 Å². The number of hydroxylamine groups is 3. The molecule has 0 aliphatic rings. The molecule has 0 heterocycles. The zero-order valence-electron chi connectivity index (χ0n) is 4.98. The zero-order valence-corrected chi connectivity index (χ0v) is 4.98. The highest BCUT2D eigenvalue weighted by atomic mass is 16.5. The maximum Gasteiger partial charge on any atom is 0.0779 e. The van der Waals surface area contributed by atoms with Crippen molar-refractivity contribution in [3.8, 4) is 0 Å². The summed E-state index contributed by atoms with van der Waals surface area (Å²) >= 11 is 0. The molecule has 0 atom stereocenters. The van der Waals surface area contributed by atoms with Gasteiger partial charge in [-0.3, -0.25) is 0 Å². The number of hydrogen-bond donors (Lipinski definition) is 0. The van der Waals surface area contributed by atoms with E-state index in [4.69, 9.17) is 0 Å². The molecule has 0 aliphatic carbocycles. The van der Waals surface area contributed by atoms with E-state index in [1.165, 1.54) is 0 Å². The van der Waals surface area contributed by atoms with Gasteiger partial charge in [0.2, 0.25) is 0 Å². The Morgan fingerprint density at radius 2 is 2.00 bits per heavy atom. The predicted molar refractivity (Wildman–Crippen MR) is 30.3 cm³/mol. The fourth-order valence-electron chi connectivity index (χ4n) is 0.381. The molecule has 0 saturated heterocycles. The van der Waals surface area contributed by atoms with Gasteiger partial charge in [-0.05, 0) is 13.3 Å². The van der Waals surface area contributed by atoms with E-state index in [0.29, 0.717) is 6.54 Å². The Kier molecular flexibility index (Phi) is 2.26. The van der Waals surface area contributed by atoms with E-state index in [1.54, 1.807) is 14.1 Å². The van der Waals surface area contributed by atoms with Gasteiger partial charge in [-0.25, -0.2) is 0 Å². The topological polar surface area (TPSA) is 23.1 Å². The van der Waals surface area contributed by atoms with E-state index >= 15 is 0 Å². The Hall–Kier alpha value is -0.0800. The lowest BCUT2D eigenvalue weighted by atomic mass is 10.5. The predicted octanol–water partition coefficient (Wildman–Crippen LogP) is 0.785. The van der Waals surface area contributed by atoms with Crippen LogP contribution in [-0.2, 0) is 0 Å². The Bertz CT molecular complexity index is 46.5. The van der Waals surface area contributed by atoms with Gasteiger partial charge < -0.3 is 9.85 Å². The maximum absolute atomic E-state index is 10.6. The molecule has 2 heteroatoms. The van der Waals surface area contributed by atoms with Gasteiger partial charge in [-0.1, -0.05) is 0 Å². The molecule has 0 saturated carbocycles. The number of nitrogens with zero attached hydrogens (tertiary/aromatic N) is 1. The van der Waals surface area contributed by atoms with Crippen LogP contribution in [0.25, 0.3) is 0 Å². The van der Waals surface area contributed by atoms with Crippen molar-refractivity contribution in [2.45, 2.75) is 6.42 Å². The lowest BCUT2D eigenvalue weighted by Crippen LogP contribution is -2.32. The highest BCUT2D eigenvalue weighted by Gasteiger charge is 1.95. The zero-order chi connectivity index (χ0) is 5.91. The Balaban J connectivity index is 3.15. The van der Waals surface area contributed by atoms with Gasteiger partial charge in [0.15, 0.2) is 0 Å². The van der Waals surface area contributed by atoms with E-state index in [9.17, 15) is 5.21 Å². The summed E-state index contributed by atoms with van der Waals surface area (Å²) in [5, 5.41) is 10.6.